The summed E-state index contributed by atoms with van der Waals surface area (Å²) in [5, 5.41) is 25.6. The molecular weight excluding hydrogens is 284 g/mol. The summed E-state index contributed by atoms with van der Waals surface area (Å²) < 4.78 is 5.09. The average Bonchev–Trinajstić information content (AvgIpc) is 2.44. The summed E-state index contributed by atoms with van der Waals surface area (Å²) in [5.74, 6) is 0. The zero-order chi connectivity index (χ0) is 16.8. The number of nitrogens with one attached hydrogen (secondary N) is 2. The predicted octanol–water partition coefficient (Wildman–Crippen LogP) is 2.04. The lowest BCUT2D eigenvalue weighted by molar-refractivity contribution is 0.0123. The van der Waals surface area contributed by atoms with Gasteiger partial charge in [0.15, 0.2) is 0 Å². The molecular formula is C16H26N2O4. The maximum Gasteiger partial charge on any atom is 0.407 e. The highest BCUT2D eigenvalue weighted by atomic mass is 16.6. The van der Waals surface area contributed by atoms with E-state index in [-0.39, 0.29) is 13.0 Å². The number of anilines is 1. The predicted molar refractivity (Wildman–Crippen MR) is 85.8 cm³/mol. The lowest BCUT2D eigenvalue weighted by atomic mass is 10.0. The summed E-state index contributed by atoms with van der Waals surface area (Å²) in [7, 11) is 1.81. The molecule has 1 rings (SSSR count). The average molecular weight is 310 g/mol. The van der Waals surface area contributed by atoms with Gasteiger partial charge in [0, 0.05) is 19.3 Å². The summed E-state index contributed by atoms with van der Waals surface area (Å²) >= 11 is 0. The van der Waals surface area contributed by atoms with Gasteiger partial charge in [0.2, 0.25) is 0 Å². The molecule has 0 saturated carbocycles. The Morgan fingerprint density at radius 3 is 2.32 bits per heavy atom. The van der Waals surface area contributed by atoms with Gasteiger partial charge in [0.25, 0.3) is 0 Å². The first-order valence-corrected chi connectivity index (χ1v) is 7.33. The normalized spacial score (nSPS) is 14.1. The highest BCUT2D eigenvalue weighted by Crippen LogP contribution is 2.20. The molecule has 2 unspecified atom stereocenters. The molecule has 0 aliphatic rings. The first kappa shape index (κ1) is 18.3. The van der Waals surface area contributed by atoms with Crippen LogP contribution in [-0.4, -0.2) is 41.6 Å². The molecule has 0 bridgehead atoms. The molecule has 4 N–H and O–H groups in total. The van der Waals surface area contributed by atoms with Crippen LogP contribution >= 0.6 is 0 Å². The molecule has 0 spiro atoms. The molecule has 1 amide bonds. The molecule has 6 heteroatoms. The van der Waals surface area contributed by atoms with E-state index >= 15 is 0 Å². The van der Waals surface area contributed by atoms with Crippen molar-refractivity contribution < 1.29 is 19.7 Å². The Morgan fingerprint density at radius 1 is 1.23 bits per heavy atom. The second kappa shape index (κ2) is 8.00. The van der Waals surface area contributed by atoms with E-state index < -0.39 is 23.9 Å². The van der Waals surface area contributed by atoms with Crippen molar-refractivity contribution in [3.8, 4) is 0 Å². The molecule has 1 aromatic rings. The molecule has 0 aliphatic carbocycles. The number of ether oxygens (including phenoxy) is 1. The van der Waals surface area contributed by atoms with Crippen LogP contribution in [0.25, 0.3) is 0 Å². The summed E-state index contributed by atoms with van der Waals surface area (Å²) in [6, 6.07) is 7.15. The Labute approximate surface area is 131 Å². The number of aliphatic hydroxyl groups is 2. The van der Waals surface area contributed by atoms with Crippen LogP contribution in [0.1, 0.15) is 38.9 Å². The van der Waals surface area contributed by atoms with Crippen molar-refractivity contribution >= 4 is 11.8 Å². The van der Waals surface area contributed by atoms with Gasteiger partial charge < -0.3 is 25.6 Å². The Balaban J connectivity index is 2.40. The molecule has 0 radical (unpaired) electrons. The lowest BCUT2D eigenvalue weighted by Crippen LogP contribution is -2.34. The summed E-state index contributed by atoms with van der Waals surface area (Å²) in [6.45, 7) is 5.56. The second-order valence-corrected chi connectivity index (χ2v) is 6.10. The Bertz CT molecular complexity index is 468. The largest absolute Gasteiger partial charge is 0.444 e. The number of hydrogen-bond donors (Lipinski definition) is 4. The summed E-state index contributed by atoms with van der Waals surface area (Å²) in [6.07, 6.45) is -2.26. The third kappa shape index (κ3) is 6.32. The molecule has 0 saturated heterocycles. The van der Waals surface area contributed by atoms with Gasteiger partial charge in [0.1, 0.15) is 11.7 Å². The SMILES string of the molecule is CNc1ccc(C(O)C(O)CCNC(=O)OC(C)(C)C)cc1. The van der Waals surface area contributed by atoms with Crippen molar-refractivity contribution in [2.45, 2.75) is 45.0 Å². The first-order valence-electron chi connectivity index (χ1n) is 7.33. The fourth-order valence-corrected chi connectivity index (χ4v) is 1.86. The third-order valence-electron chi connectivity index (χ3n) is 3.01. The van der Waals surface area contributed by atoms with Crippen LogP contribution in [0.2, 0.25) is 0 Å². The van der Waals surface area contributed by atoms with Crippen molar-refractivity contribution in [1.82, 2.24) is 5.32 Å². The molecule has 1 aromatic carbocycles. The number of aliphatic hydroxyl groups excluding tert-OH is 2. The minimum Gasteiger partial charge on any atom is -0.444 e. The van der Waals surface area contributed by atoms with E-state index in [4.69, 9.17) is 4.74 Å². The number of rotatable bonds is 6. The molecule has 22 heavy (non-hydrogen) atoms. The molecule has 0 fully saturated rings. The first-order chi connectivity index (χ1) is 10.2. The van der Waals surface area contributed by atoms with Crippen molar-refractivity contribution in [3.63, 3.8) is 0 Å². The second-order valence-electron chi connectivity index (χ2n) is 6.10. The molecule has 0 aliphatic heterocycles. The van der Waals surface area contributed by atoms with Gasteiger partial charge in [-0.3, -0.25) is 0 Å². The van der Waals surface area contributed by atoms with Crippen LogP contribution < -0.4 is 10.6 Å². The van der Waals surface area contributed by atoms with Gasteiger partial charge in [-0.15, -0.1) is 0 Å². The number of hydrogen-bond acceptors (Lipinski definition) is 5. The zero-order valence-electron chi connectivity index (χ0n) is 13.6. The Kier molecular flexibility index (Phi) is 6.64. The Hall–Kier alpha value is -1.79. The number of benzene rings is 1. The van der Waals surface area contributed by atoms with Gasteiger partial charge >= 0.3 is 6.09 Å². The van der Waals surface area contributed by atoms with Crippen LogP contribution in [0.5, 0.6) is 0 Å². The van der Waals surface area contributed by atoms with Crippen molar-refractivity contribution in [3.05, 3.63) is 29.8 Å². The number of alkyl carbamates (subject to hydrolysis) is 1. The highest BCUT2D eigenvalue weighted by Gasteiger charge is 2.19. The van der Waals surface area contributed by atoms with E-state index in [0.29, 0.717) is 5.56 Å². The monoisotopic (exact) mass is 310 g/mol. The minimum absolute atomic E-state index is 0.224. The van der Waals surface area contributed by atoms with Crippen molar-refractivity contribution in [2.24, 2.45) is 0 Å². The standard InChI is InChI=1S/C16H26N2O4/c1-16(2,3)22-15(21)18-10-9-13(19)14(20)11-5-7-12(17-4)8-6-11/h5-8,13-14,17,19-20H,9-10H2,1-4H3,(H,18,21). The van der Waals surface area contributed by atoms with Gasteiger partial charge in [-0.2, -0.15) is 0 Å². The molecule has 2 atom stereocenters. The fourth-order valence-electron chi connectivity index (χ4n) is 1.86. The molecule has 0 aromatic heterocycles. The topological polar surface area (TPSA) is 90.8 Å². The number of carbonyl (C=O) groups is 1. The number of amides is 1. The van der Waals surface area contributed by atoms with E-state index in [2.05, 4.69) is 10.6 Å². The highest BCUT2D eigenvalue weighted by molar-refractivity contribution is 5.67. The quantitative estimate of drug-likeness (QED) is 0.645. The number of carbonyl (C=O) groups excluding carboxylic acids is 1. The van der Waals surface area contributed by atoms with Crippen molar-refractivity contribution in [2.75, 3.05) is 18.9 Å². The zero-order valence-corrected chi connectivity index (χ0v) is 13.6. The van der Waals surface area contributed by atoms with Gasteiger partial charge in [-0.1, -0.05) is 12.1 Å². The Morgan fingerprint density at radius 2 is 1.82 bits per heavy atom. The van der Waals surface area contributed by atoms with Crippen LogP contribution in [-0.2, 0) is 4.74 Å². The van der Waals surface area contributed by atoms with E-state index in [1.807, 2.05) is 19.2 Å². The summed E-state index contributed by atoms with van der Waals surface area (Å²) in [4.78, 5) is 11.5. The van der Waals surface area contributed by atoms with Gasteiger partial charge in [-0.05, 0) is 44.9 Å². The minimum atomic E-state index is -0.994. The fraction of sp³-hybridized carbons (Fsp3) is 0.562. The van der Waals surface area contributed by atoms with E-state index in [1.165, 1.54) is 0 Å². The third-order valence-corrected chi connectivity index (χ3v) is 3.01. The van der Waals surface area contributed by atoms with Crippen LogP contribution in [0.15, 0.2) is 24.3 Å². The van der Waals surface area contributed by atoms with Gasteiger partial charge in [0.05, 0.1) is 6.10 Å². The van der Waals surface area contributed by atoms with Crippen LogP contribution in [0.3, 0.4) is 0 Å². The van der Waals surface area contributed by atoms with E-state index in [0.717, 1.165) is 5.69 Å². The van der Waals surface area contributed by atoms with E-state index in [1.54, 1.807) is 32.9 Å². The maximum absolute atomic E-state index is 11.5. The van der Waals surface area contributed by atoms with E-state index in [9.17, 15) is 15.0 Å². The maximum atomic E-state index is 11.5. The van der Waals surface area contributed by atoms with Crippen molar-refractivity contribution in [1.29, 1.82) is 0 Å². The molecule has 6 nitrogen and oxygen atoms in total. The summed E-state index contributed by atoms with van der Waals surface area (Å²) in [5.41, 5.74) is 0.998. The van der Waals surface area contributed by atoms with Crippen LogP contribution in [0, 0.1) is 0 Å². The van der Waals surface area contributed by atoms with Crippen LogP contribution in [0.4, 0.5) is 10.5 Å². The molecule has 124 valence electrons. The smallest absolute Gasteiger partial charge is 0.407 e. The van der Waals surface area contributed by atoms with Gasteiger partial charge in [-0.25, -0.2) is 4.79 Å². The molecule has 0 heterocycles. The lowest BCUT2D eigenvalue weighted by Gasteiger charge is -2.21.